The normalized spacial score (nSPS) is 10.6. The Hall–Kier alpha value is -2.21. The Kier molecular flexibility index (Phi) is 5.45. The number of hydrogen-bond donors (Lipinski definition) is 1. The predicted octanol–water partition coefficient (Wildman–Crippen LogP) is 2.18. The molecule has 0 spiro atoms. The van der Waals surface area contributed by atoms with E-state index < -0.39 is 0 Å². The fraction of sp³-hybridized carbons (Fsp3) is 0.333. The average molecular weight is 292 g/mol. The number of rotatable bonds is 7. The van der Waals surface area contributed by atoms with Crippen LogP contribution in [0.15, 0.2) is 34.9 Å². The number of nitrogens with one attached hydrogen (secondary N) is 1. The zero-order chi connectivity index (χ0) is 15.1. The van der Waals surface area contributed by atoms with E-state index in [9.17, 15) is 9.18 Å². The third-order valence-corrected chi connectivity index (χ3v) is 2.89. The van der Waals surface area contributed by atoms with E-state index in [4.69, 9.17) is 9.15 Å². The molecule has 0 bridgehead atoms. The Balaban J connectivity index is 1.89. The standard InChI is InChI=1S/C15H17FN2O3/c1-20-9-8-17-14(19)6-7-15-18-10-13(21-15)11-4-2-3-5-12(11)16/h2-5,10H,6-9H2,1H3,(H,17,19). The van der Waals surface area contributed by atoms with Crippen molar-refractivity contribution in [2.45, 2.75) is 12.8 Å². The van der Waals surface area contributed by atoms with Crippen LogP contribution >= 0.6 is 0 Å². The fourth-order valence-corrected chi connectivity index (χ4v) is 1.81. The number of nitrogens with zero attached hydrogens (tertiary/aromatic N) is 1. The highest BCUT2D eigenvalue weighted by molar-refractivity contribution is 5.76. The van der Waals surface area contributed by atoms with Gasteiger partial charge in [0, 0.05) is 26.5 Å². The van der Waals surface area contributed by atoms with E-state index in [0.29, 0.717) is 36.8 Å². The summed E-state index contributed by atoms with van der Waals surface area (Å²) < 4.78 is 23.9. The second-order valence-corrected chi connectivity index (χ2v) is 4.44. The first-order chi connectivity index (χ1) is 10.2. The molecule has 0 fully saturated rings. The molecule has 1 aromatic heterocycles. The summed E-state index contributed by atoms with van der Waals surface area (Å²) in [6.45, 7) is 0.948. The van der Waals surface area contributed by atoms with Crippen molar-refractivity contribution in [2.24, 2.45) is 0 Å². The predicted molar refractivity (Wildman–Crippen MR) is 75.1 cm³/mol. The van der Waals surface area contributed by atoms with Gasteiger partial charge in [0.15, 0.2) is 11.7 Å². The van der Waals surface area contributed by atoms with Crippen molar-refractivity contribution < 1.29 is 18.3 Å². The van der Waals surface area contributed by atoms with Crippen LogP contribution in [0, 0.1) is 5.82 Å². The minimum absolute atomic E-state index is 0.0994. The van der Waals surface area contributed by atoms with Crippen molar-refractivity contribution in [1.29, 1.82) is 0 Å². The lowest BCUT2D eigenvalue weighted by molar-refractivity contribution is -0.121. The first kappa shape index (κ1) is 15.2. The molecule has 1 amide bonds. The molecule has 21 heavy (non-hydrogen) atoms. The van der Waals surface area contributed by atoms with E-state index in [2.05, 4.69) is 10.3 Å². The Morgan fingerprint density at radius 3 is 3.00 bits per heavy atom. The molecule has 0 unspecified atom stereocenters. The molecule has 0 aliphatic heterocycles. The summed E-state index contributed by atoms with van der Waals surface area (Å²) in [6.07, 6.45) is 2.10. The number of ether oxygens (including phenoxy) is 1. The van der Waals surface area contributed by atoms with E-state index in [1.54, 1.807) is 25.3 Å². The summed E-state index contributed by atoms with van der Waals surface area (Å²) in [5.74, 6) is 0.313. The molecule has 5 nitrogen and oxygen atoms in total. The van der Waals surface area contributed by atoms with Crippen LogP contribution in [-0.4, -0.2) is 31.2 Å². The number of amides is 1. The van der Waals surface area contributed by atoms with Crippen LogP contribution in [0.1, 0.15) is 12.3 Å². The quantitative estimate of drug-likeness (QED) is 0.794. The highest BCUT2D eigenvalue weighted by Crippen LogP contribution is 2.23. The van der Waals surface area contributed by atoms with Crippen LogP contribution in [-0.2, 0) is 16.0 Å². The molecule has 0 saturated carbocycles. The van der Waals surface area contributed by atoms with Crippen LogP contribution in [0.4, 0.5) is 4.39 Å². The maximum Gasteiger partial charge on any atom is 0.220 e. The molecule has 0 aliphatic rings. The molecular weight excluding hydrogens is 275 g/mol. The molecule has 2 aromatic rings. The van der Waals surface area contributed by atoms with Crippen LogP contribution in [0.5, 0.6) is 0 Å². The Morgan fingerprint density at radius 1 is 1.43 bits per heavy atom. The minimum Gasteiger partial charge on any atom is -0.441 e. The molecule has 1 N–H and O–H groups in total. The van der Waals surface area contributed by atoms with E-state index in [1.165, 1.54) is 12.3 Å². The third-order valence-electron chi connectivity index (χ3n) is 2.89. The van der Waals surface area contributed by atoms with Gasteiger partial charge in [-0.05, 0) is 12.1 Å². The number of benzene rings is 1. The lowest BCUT2D eigenvalue weighted by Crippen LogP contribution is -2.27. The minimum atomic E-state index is -0.363. The summed E-state index contributed by atoms with van der Waals surface area (Å²) >= 11 is 0. The van der Waals surface area contributed by atoms with Crippen molar-refractivity contribution in [1.82, 2.24) is 10.3 Å². The van der Waals surface area contributed by atoms with Gasteiger partial charge in [0.25, 0.3) is 0 Å². The van der Waals surface area contributed by atoms with Gasteiger partial charge in [-0.1, -0.05) is 12.1 Å². The van der Waals surface area contributed by atoms with Gasteiger partial charge in [-0.15, -0.1) is 0 Å². The van der Waals surface area contributed by atoms with Crippen molar-refractivity contribution in [3.05, 3.63) is 42.2 Å². The van der Waals surface area contributed by atoms with Gasteiger partial charge >= 0.3 is 0 Å². The average Bonchev–Trinajstić information content (AvgIpc) is 2.94. The van der Waals surface area contributed by atoms with Gasteiger partial charge < -0.3 is 14.5 Å². The van der Waals surface area contributed by atoms with E-state index in [0.717, 1.165) is 0 Å². The van der Waals surface area contributed by atoms with Gasteiger partial charge in [-0.3, -0.25) is 4.79 Å². The van der Waals surface area contributed by atoms with Crippen LogP contribution < -0.4 is 5.32 Å². The number of halogens is 1. The smallest absolute Gasteiger partial charge is 0.220 e. The van der Waals surface area contributed by atoms with Gasteiger partial charge in [-0.25, -0.2) is 9.37 Å². The van der Waals surface area contributed by atoms with Crippen molar-refractivity contribution in [3.8, 4) is 11.3 Å². The topological polar surface area (TPSA) is 64.4 Å². The van der Waals surface area contributed by atoms with E-state index in [1.807, 2.05) is 0 Å². The summed E-state index contributed by atoms with van der Waals surface area (Å²) in [5.41, 5.74) is 0.362. The molecule has 0 radical (unpaired) electrons. The fourth-order valence-electron chi connectivity index (χ4n) is 1.81. The van der Waals surface area contributed by atoms with E-state index >= 15 is 0 Å². The van der Waals surface area contributed by atoms with Crippen LogP contribution in [0.2, 0.25) is 0 Å². The van der Waals surface area contributed by atoms with Gasteiger partial charge in [0.1, 0.15) is 5.82 Å². The number of oxazole rings is 1. The van der Waals surface area contributed by atoms with Gasteiger partial charge in [-0.2, -0.15) is 0 Å². The number of methoxy groups -OCH3 is 1. The molecule has 0 saturated heterocycles. The largest absolute Gasteiger partial charge is 0.441 e. The molecule has 6 heteroatoms. The van der Waals surface area contributed by atoms with Crippen LogP contribution in [0.3, 0.4) is 0 Å². The van der Waals surface area contributed by atoms with Gasteiger partial charge in [0.2, 0.25) is 5.91 Å². The SMILES string of the molecule is COCCNC(=O)CCc1ncc(-c2ccccc2F)o1. The number of hydrogen-bond acceptors (Lipinski definition) is 4. The summed E-state index contributed by atoms with van der Waals surface area (Å²) in [5, 5.41) is 2.71. The summed E-state index contributed by atoms with van der Waals surface area (Å²) in [4.78, 5) is 15.6. The maximum atomic E-state index is 13.6. The van der Waals surface area contributed by atoms with Crippen molar-refractivity contribution >= 4 is 5.91 Å². The zero-order valence-corrected chi connectivity index (χ0v) is 11.8. The van der Waals surface area contributed by atoms with Crippen molar-refractivity contribution in [2.75, 3.05) is 20.3 Å². The molecule has 1 heterocycles. The highest BCUT2D eigenvalue weighted by Gasteiger charge is 2.11. The molecule has 0 atom stereocenters. The van der Waals surface area contributed by atoms with Crippen molar-refractivity contribution in [3.63, 3.8) is 0 Å². The zero-order valence-electron chi connectivity index (χ0n) is 11.8. The van der Waals surface area contributed by atoms with E-state index in [-0.39, 0.29) is 18.1 Å². The monoisotopic (exact) mass is 292 g/mol. The van der Waals surface area contributed by atoms with Crippen LogP contribution in [0.25, 0.3) is 11.3 Å². The summed E-state index contributed by atoms with van der Waals surface area (Å²) in [6, 6.07) is 6.32. The molecular formula is C15H17FN2O3. The highest BCUT2D eigenvalue weighted by atomic mass is 19.1. The molecule has 2 rings (SSSR count). The third kappa shape index (κ3) is 4.39. The first-order valence-corrected chi connectivity index (χ1v) is 6.66. The second kappa shape index (κ2) is 7.54. The molecule has 1 aromatic carbocycles. The molecule has 112 valence electrons. The Labute approximate surface area is 122 Å². The number of aromatic nitrogens is 1. The lowest BCUT2D eigenvalue weighted by Gasteiger charge is -2.02. The summed E-state index contributed by atoms with van der Waals surface area (Å²) in [7, 11) is 1.57. The molecule has 0 aliphatic carbocycles. The maximum absolute atomic E-state index is 13.6. The lowest BCUT2D eigenvalue weighted by atomic mass is 10.2. The number of carbonyl (C=O) groups excluding carboxylic acids is 1. The number of carbonyl (C=O) groups is 1. The number of aryl methyl sites for hydroxylation is 1. The Bertz CT molecular complexity index is 598. The van der Waals surface area contributed by atoms with Gasteiger partial charge in [0.05, 0.1) is 18.4 Å². The second-order valence-electron chi connectivity index (χ2n) is 4.44. The first-order valence-electron chi connectivity index (χ1n) is 6.66. The Morgan fingerprint density at radius 2 is 2.24 bits per heavy atom.